The van der Waals surface area contributed by atoms with Crippen LogP contribution in [0.15, 0.2) is 12.4 Å². The lowest BCUT2D eigenvalue weighted by Gasteiger charge is -2.48. The first-order valence-electron chi connectivity index (χ1n) is 40.9. The zero-order valence-corrected chi connectivity index (χ0v) is 67.7. The van der Waals surface area contributed by atoms with Gasteiger partial charge in [-0.2, -0.15) is 0 Å². The van der Waals surface area contributed by atoms with Crippen LogP contribution in [0.25, 0.3) is 0 Å². The summed E-state index contributed by atoms with van der Waals surface area (Å²) in [7, 11) is 0. The van der Waals surface area contributed by atoms with Crippen molar-refractivity contribution in [1.82, 2.24) is 60.2 Å². The van der Waals surface area contributed by atoms with Crippen molar-refractivity contribution in [3.05, 3.63) is 23.8 Å². The molecule has 2 aromatic heterocycles. The molecule has 2 aromatic rings. The van der Waals surface area contributed by atoms with Crippen LogP contribution in [0.3, 0.4) is 0 Å². The van der Waals surface area contributed by atoms with Crippen molar-refractivity contribution in [2.75, 3.05) is 78.7 Å². The number of aromatic nitrogens is 6. The molecule has 6 aliphatic rings. The van der Waals surface area contributed by atoms with Crippen LogP contribution in [0.4, 0.5) is 0 Å². The summed E-state index contributed by atoms with van der Waals surface area (Å²) < 4.78 is 49.1. The van der Waals surface area contributed by atoms with Crippen LogP contribution in [0.5, 0.6) is 0 Å². The number of hydrogen-bond acceptors (Lipinski definition) is 39. The molecule has 0 aromatic carbocycles. The SMILES string of the molecule is CCCCCC(=O)N(CCCn1cc(CCCC(=O)NCC2OC(OC3C(N)CC(N)C(OC4OC(CO)C(O)C(N)C4O)C3O)C(O)C(O)C2O)nn1)CC(=O)N(CCC)CC(=O)N(CCC)CC(=O)N(CCCn1cc(CC(=O)NCC2OC(OC3C(N)CC(N)C(OC4OC(CO)C(O)C(N)C4O)C3O)C(O)C(O)C2O)nn1)CC(N)=O. The van der Waals surface area contributed by atoms with Gasteiger partial charge in [-0.15, -0.1) is 10.2 Å². The van der Waals surface area contributed by atoms with E-state index in [4.69, 9.17) is 78.0 Å². The molecule has 30 unspecified atom stereocenters. The molecule has 2 aliphatic carbocycles. The number of nitrogens with one attached hydrogen (secondary N) is 2. The summed E-state index contributed by atoms with van der Waals surface area (Å²) in [6.45, 7) is 2.34. The highest BCUT2D eigenvalue weighted by molar-refractivity contribution is 5.91. The van der Waals surface area contributed by atoms with Crippen LogP contribution in [0.1, 0.15) is 109 Å². The molecule has 48 heteroatoms. The molecule has 0 radical (unpaired) electrons. The highest BCUT2D eigenvalue weighted by Gasteiger charge is 2.55. The molecule has 6 fully saturated rings. The molecule has 48 nitrogen and oxygen atoms in total. The van der Waals surface area contributed by atoms with Crippen molar-refractivity contribution in [3.63, 3.8) is 0 Å². The summed E-state index contributed by atoms with van der Waals surface area (Å²) in [6.07, 6.45) is -31.0. The fourth-order valence-corrected chi connectivity index (χ4v) is 15.2. The zero-order chi connectivity index (χ0) is 88.1. The van der Waals surface area contributed by atoms with Gasteiger partial charge in [-0.05, 0) is 57.8 Å². The maximum Gasteiger partial charge on any atom is 0.242 e. The number of primary amides is 1. The Hall–Kier alpha value is -6.55. The van der Waals surface area contributed by atoms with Crippen molar-refractivity contribution in [3.8, 4) is 0 Å². The van der Waals surface area contributed by atoms with Crippen LogP contribution in [0.2, 0.25) is 0 Å². The van der Waals surface area contributed by atoms with Crippen molar-refractivity contribution >= 4 is 41.4 Å². The Kier molecular flexibility index (Phi) is 38.7. The average Bonchev–Trinajstić information content (AvgIpc) is 1.05. The van der Waals surface area contributed by atoms with Crippen LogP contribution in [0, 0.1) is 0 Å². The van der Waals surface area contributed by atoms with Gasteiger partial charge in [-0.25, -0.2) is 0 Å². The van der Waals surface area contributed by atoms with Crippen LogP contribution >= 0.6 is 0 Å². The molecule has 120 heavy (non-hydrogen) atoms. The van der Waals surface area contributed by atoms with Crippen molar-refractivity contribution in [2.45, 2.75) is 307 Å². The second kappa shape index (κ2) is 47.0. The molecule has 8 rings (SSSR count). The van der Waals surface area contributed by atoms with Crippen LogP contribution in [-0.4, -0.2) is 425 Å². The van der Waals surface area contributed by atoms with E-state index in [0.717, 1.165) is 12.8 Å². The van der Waals surface area contributed by atoms with E-state index < -0.39 is 258 Å². The number of aliphatic hydroxyl groups excluding tert-OH is 14. The lowest BCUT2D eigenvalue weighted by Crippen LogP contribution is -2.68. The topological polar surface area (TPSA) is 757 Å². The van der Waals surface area contributed by atoms with Gasteiger partial charge in [0.2, 0.25) is 41.4 Å². The van der Waals surface area contributed by atoms with E-state index in [2.05, 4.69) is 31.3 Å². The summed E-state index contributed by atoms with van der Waals surface area (Å²) in [6, 6.07) is -6.60. The van der Waals surface area contributed by atoms with Crippen molar-refractivity contribution < 1.29 is 143 Å². The second-order valence-corrected chi connectivity index (χ2v) is 31.6. The maximum absolute atomic E-state index is 14.3. The standard InChI is InChI=1S/C72H127N19O29/c1-4-7-8-14-47(97)89(18-11-19-90-26-34(82-84-90)12-9-13-45(95)80-24-40-55(103)59(107)61(109)71(113-40)119-67-38(75)22-36(73)65(63(67)111)117-69-57(105)51(78)53(101)42(32-92)115-69)31-49(99)86(15-5-2)29-48(98)87(16-6-3)30-50(100)88(28-44(77)94)17-10-20-91-27-35(83-85-91)21-46(96)81-25-41-56(104)60(108)62(110)72(114-41)120-68-39(76)23-37(74)66(64(68)112)118-70-58(106)52(79)54(102)43(33-93)116-70/h26-27,36-43,51-72,92-93,101-112H,4-25,28-33,73-76,78-79H2,1-3H3,(H2,77,94)(H,80,95)(H,81,96). The molecule has 0 bridgehead atoms. The number of hydrogen-bond donors (Lipinski definition) is 23. The number of carbonyl (C=O) groups excluding carboxylic acids is 7. The van der Waals surface area contributed by atoms with Gasteiger partial charge in [0.05, 0.1) is 69.3 Å². The molecule has 684 valence electrons. The predicted molar refractivity (Wildman–Crippen MR) is 410 cm³/mol. The van der Waals surface area contributed by atoms with Gasteiger partial charge in [-0.3, -0.25) is 42.9 Å². The molecular weight excluding hydrogens is 1590 g/mol. The largest absolute Gasteiger partial charge is 0.394 e. The van der Waals surface area contributed by atoms with Gasteiger partial charge in [0.15, 0.2) is 25.2 Å². The Labute approximate surface area is 692 Å². The Morgan fingerprint density at radius 1 is 0.425 bits per heavy atom. The third kappa shape index (κ3) is 26.5. The molecule has 2 saturated carbocycles. The minimum Gasteiger partial charge on any atom is -0.394 e. The summed E-state index contributed by atoms with van der Waals surface area (Å²) in [5.41, 5.74) is 43.4. The fourth-order valence-electron chi connectivity index (χ4n) is 15.2. The number of carbonyl (C=O) groups is 7. The summed E-state index contributed by atoms with van der Waals surface area (Å²) in [5, 5.41) is 171. The molecule has 30 atom stereocenters. The number of aryl methyl sites for hydroxylation is 3. The Balaban J connectivity index is 0.763. The second-order valence-electron chi connectivity index (χ2n) is 31.6. The number of ether oxygens (including phenoxy) is 8. The molecule has 30 N–H and O–H groups in total. The number of nitrogens with two attached hydrogens (primary N) is 7. The summed E-state index contributed by atoms with van der Waals surface area (Å²) in [4.78, 5) is 100. The van der Waals surface area contributed by atoms with Gasteiger partial charge in [0.25, 0.3) is 0 Å². The normalized spacial score (nSPS) is 34.7. The molecule has 7 amide bonds. The van der Waals surface area contributed by atoms with E-state index >= 15 is 0 Å². The number of unbranched alkanes of at least 4 members (excludes halogenated alkanes) is 2. The highest BCUT2D eigenvalue weighted by Crippen LogP contribution is 2.35. The molecule has 0 spiro atoms. The van der Waals surface area contributed by atoms with Crippen LogP contribution < -0.4 is 50.8 Å². The first-order valence-corrected chi connectivity index (χ1v) is 40.9. The minimum atomic E-state index is -1.91. The number of rotatable bonds is 44. The van der Waals surface area contributed by atoms with Gasteiger partial charge < -0.3 is 180 Å². The van der Waals surface area contributed by atoms with E-state index in [1.165, 1.54) is 30.5 Å². The smallest absolute Gasteiger partial charge is 0.242 e. The molecular formula is C72H127N19O29. The first kappa shape index (κ1) is 98.9. The Morgan fingerprint density at radius 3 is 1.20 bits per heavy atom. The van der Waals surface area contributed by atoms with E-state index in [0.29, 0.717) is 37.8 Å². The van der Waals surface area contributed by atoms with Gasteiger partial charge in [0, 0.05) is 102 Å². The fraction of sp³-hybridized carbons (Fsp3) is 0.847. The Morgan fingerprint density at radius 2 is 0.800 bits per heavy atom. The third-order valence-electron chi connectivity index (χ3n) is 22.2. The monoisotopic (exact) mass is 1720 g/mol. The van der Waals surface area contributed by atoms with Gasteiger partial charge >= 0.3 is 0 Å². The predicted octanol–water partition coefficient (Wildman–Crippen LogP) is -13.8. The number of amides is 7. The molecule has 6 heterocycles. The summed E-state index contributed by atoms with van der Waals surface area (Å²) in [5.74, 6) is -3.94. The van der Waals surface area contributed by atoms with Gasteiger partial charge in [0.1, 0.15) is 122 Å². The van der Waals surface area contributed by atoms with Crippen molar-refractivity contribution in [1.29, 1.82) is 0 Å². The quantitative estimate of drug-likeness (QED) is 0.0274. The number of nitrogens with zero attached hydrogens (tertiary/aromatic N) is 10. The third-order valence-corrected chi connectivity index (χ3v) is 22.2. The van der Waals surface area contributed by atoms with Crippen LogP contribution in [-0.2, 0) is 97.4 Å². The highest BCUT2D eigenvalue weighted by atomic mass is 16.7. The maximum atomic E-state index is 14.3. The van der Waals surface area contributed by atoms with E-state index in [1.807, 2.05) is 13.8 Å². The lowest BCUT2D eigenvalue weighted by molar-refractivity contribution is -0.332. The number of aliphatic hydroxyl groups is 14. The minimum absolute atomic E-state index is 0.0334. The first-order chi connectivity index (χ1) is 57.0. The van der Waals surface area contributed by atoms with E-state index in [-0.39, 0.29) is 109 Å². The lowest BCUT2D eigenvalue weighted by atomic mass is 9.84. The van der Waals surface area contributed by atoms with E-state index in [1.54, 1.807) is 17.8 Å². The zero-order valence-electron chi connectivity index (χ0n) is 67.7. The van der Waals surface area contributed by atoms with Crippen molar-refractivity contribution in [2.24, 2.45) is 40.1 Å². The average molecular weight is 1720 g/mol. The molecule has 4 saturated heterocycles. The van der Waals surface area contributed by atoms with Gasteiger partial charge in [-0.1, -0.05) is 44.0 Å². The molecule has 4 aliphatic heterocycles. The summed E-state index contributed by atoms with van der Waals surface area (Å²) >= 11 is 0. The Bertz CT molecular complexity index is 3530. The van der Waals surface area contributed by atoms with E-state index in [9.17, 15) is 105 Å².